The molecule has 0 saturated carbocycles. The van der Waals surface area contributed by atoms with Gasteiger partial charge in [-0.3, -0.25) is 4.79 Å². The third kappa shape index (κ3) is 4.05. The Hall–Kier alpha value is -1.46. The van der Waals surface area contributed by atoms with Crippen molar-refractivity contribution in [2.24, 2.45) is 0 Å². The fraction of sp³-hybridized carbons (Fsp3) is 0.300. The fourth-order valence-electron chi connectivity index (χ4n) is 1.04. The number of benzene rings is 1. The standard InChI is InChI=1S/C10H13FN2O2/c11-8-3-1-2-4-9(8)13-10(15)7-12-5-6-14/h1-4,12,14H,5-7H2,(H,13,15). The molecular weight excluding hydrogens is 199 g/mol. The molecule has 0 heterocycles. The number of nitrogens with one attached hydrogen (secondary N) is 2. The molecule has 0 aliphatic heterocycles. The molecule has 0 spiro atoms. The van der Waals surface area contributed by atoms with Crippen LogP contribution in [0.3, 0.4) is 0 Å². The molecule has 1 amide bonds. The van der Waals surface area contributed by atoms with Crippen molar-refractivity contribution in [3.63, 3.8) is 0 Å². The zero-order chi connectivity index (χ0) is 11.1. The van der Waals surface area contributed by atoms with E-state index in [1.807, 2.05) is 0 Å². The Labute approximate surface area is 87.1 Å². The zero-order valence-electron chi connectivity index (χ0n) is 8.16. The van der Waals surface area contributed by atoms with Gasteiger partial charge in [0.1, 0.15) is 5.82 Å². The van der Waals surface area contributed by atoms with Crippen LogP contribution in [0.4, 0.5) is 10.1 Å². The molecule has 0 fully saturated rings. The van der Waals surface area contributed by atoms with E-state index < -0.39 is 5.82 Å². The smallest absolute Gasteiger partial charge is 0.238 e. The van der Waals surface area contributed by atoms with Crippen molar-refractivity contribution in [2.75, 3.05) is 25.0 Å². The van der Waals surface area contributed by atoms with Gasteiger partial charge in [0.25, 0.3) is 0 Å². The van der Waals surface area contributed by atoms with E-state index >= 15 is 0 Å². The van der Waals surface area contributed by atoms with Gasteiger partial charge in [0, 0.05) is 6.54 Å². The maximum absolute atomic E-state index is 13.1. The van der Waals surface area contributed by atoms with Crippen LogP contribution in [0.5, 0.6) is 0 Å². The SMILES string of the molecule is O=C(CNCCO)Nc1ccccc1F. The number of anilines is 1. The van der Waals surface area contributed by atoms with Crippen LogP contribution in [0.25, 0.3) is 0 Å². The molecule has 0 bridgehead atoms. The number of para-hydroxylation sites is 1. The summed E-state index contributed by atoms with van der Waals surface area (Å²) >= 11 is 0. The van der Waals surface area contributed by atoms with E-state index in [0.717, 1.165) is 0 Å². The van der Waals surface area contributed by atoms with Crippen LogP contribution in [-0.4, -0.2) is 30.7 Å². The van der Waals surface area contributed by atoms with Crippen molar-refractivity contribution in [3.8, 4) is 0 Å². The van der Waals surface area contributed by atoms with E-state index in [1.54, 1.807) is 12.1 Å². The minimum Gasteiger partial charge on any atom is -0.395 e. The lowest BCUT2D eigenvalue weighted by molar-refractivity contribution is -0.115. The molecule has 0 aliphatic rings. The van der Waals surface area contributed by atoms with Crippen LogP contribution >= 0.6 is 0 Å². The molecule has 1 aromatic carbocycles. The van der Waals surface area contributed by atoms with Gasteiger partial charge in [-0.2, -0.15) is 0 Å². The number of halogens is 1. The predicted molar refractivity (Wildman–Crippen MR) is 55.0 cm³/mol. The Kier molecular flexibility index (Phi) is 4.73. The average Bonchev–Trinajstić information content (AvgIpc) is 2.22. The van der Waals surface area contributed by atoms with E-state index in [-0.39, 0.29) is 24.7 Å². The van der Waals surface area contributed by atoms with E-state index in [0.29, 0.717) is 6.54 Å². The van der Waals surface area contributed by atoms with Crippen molar-refractivity contribution in [1.82, 2.24) is 5.32 Å². The molecule has 0 radical (unpaired) electrons. The molecular formula is C10H13FN2O2. The minimum absolute atomic E-state index is 0.0347. The zero-order valence-corrected chi connectivity index (χ0v) is 8.16. The summed E-state index contributed by atoms with van der Waals surface area (Å²) in [6.07, 6.45) is 0. The summed E-state index contributed by atoms with van der Waals surface area (Å²) in [6, 6.07) is 5.95. The highest BCUT2D eigenvalue weighted by atomic mass is 19.1. The Morgan fingerprint density at radius 3 is 2.80 bits per heavy atom. The number of aliphatic hydroxyl groups excluding tert-OH is 1. The highest BCUT2D eigenvalue weighted by Gasteiger charge is 2.04. The van der Waals surface area contributed by atoms with E-state index in [4.69, 9.17) is 5.11 Å². The summed E-state index contributed by atoms with van der Waals surface area (Å²) in [4.78, 5) is 11.2. The highest BCUT2D eigenvalue weighted by molar-refractivity contribution is 5.92. The van der Waals surface area contributed by atoms with E-state index in [9.17, 15) is 9.18 Å². The number of rotatable bonds is 5. The molecule has 15 heavy (non-hydrogen) atoms. The third-order valence-corrected chi connectivity index (χ3v) is 1.72. The lowest BCUT2D eigenvalue weighted by Crippen LogP contribution is -2.30. The molecule has 0 atom stereocenters. The van der Waals surface area contributed by atoms with Crippen LogP contribution in [0.1, 0.15) is 0 Å². The average molecular weight is 212 g/mol. The second-order valence-electron chi connectivity index (χ2n) is 2.93. The second kappa shape index (κ2) is 6.10. The predicted octanol–water partition coefficient (Wildman–Crippen LogP) is 0.346. The van der Waals surface area contributed by atoms with Crippen LogP contribution < -0.4 is 10.6 Å². The highest BCUT2D eigenvalue weighted by Crippen LogP contribution is 2.11. The lowest BCUT2D eigenvalue weighted by atomic mass is 10.3. The van der Waals surface area contributed by atoms with Crippen molar-refractivity contribution in [3.05, 3.63) is 30.1 Å². The first-order valence-corrected chi connectivity index (χ1v) is 4.60. The number of hydrogen-bond donors (Lipinski definition) is 3. The first-order valence-electron chi connectivity index (χ1n) is 4.60. The Morgan fingerprint density at radius 1 is 1.40 bits per heavy atom. The van der Waals surface area contributed by atoms with Crippen molar-refractivity contribution >= 4 is 11.6 Å². The van der Waals surface area contributed by atoms with E-state index in [1.165, 1.54) is 12.1 Å². The minimum atomic E-state index is -0.465. The number of carbonyl (C=O) groups is 1. The van der Waals surface area contributed by atoms with Gasteiger partial charge in [0.15, 0.2) is 0 Å². The lowest BCUT2D eigenvalue weighted by Gasteiger charge is -2.06. The number of amides is 1. The first-order chi connectivity index (χ1) is 7.24. The van der Waals surface area contributed by atoms with Gasteiger partial charge in [0.2, 0.25) is 5.91 Å². The summed E-state index contributed by atoms with van der Waals surface area (Å²) in [5, 5.41) is 13.6. The Balaban J connectivity index is 2.41. The molecule has 0 aromatic heterocycles. The Bertz CT molecular complexity index is 331. The van der Waals surface area contributed by atoms with Gasteiger partial charge in [-0.15, -0.1) is 0 Å². The van der Waals surface area contributed by atoms with Crippen molar-refractivity contribution in [2.45, 2.75) is 0 Å². The van der Waals surface area contributed by atoms with Crippen LogP contribution in [0.2, 0.25) is 0 Å². The number of hydrogen-bond acceptors (Lipinski definition) is 3. The van der Waals surface area contributed by atoms with Gasteiger partial charge in [0.05, 0.1) is 18.8 Å². The second-order valence-corrected chi connectivity index (χ2v) is 2.93. The van der Waals surface area contributed by atoms with Gasteiger partial charge in [-0.05, 0) is 12.1 Å². The molecule has 0 unspecified atom stereocenters. The normalized spacial score (nSPS) is 10.0. The maximum Gasteiger partial charge on any atom is 0.238 e. The van der Waals surface area contributed by atoms with Gasteiger partial charge in [-0.25, -0.2) is 4.39 Å². The van der Waals surface area contributed by atoms with E-state index in [2.05, 4.69) is 10.6 Å². The monoisotopic (exact) mass is 212 g/mol. The number of aliphatic hydroxyl groups is 1. The quantitative estimate of drug-likeness (QED) is 0.617. The largest absolute Gasteiger partial charge is 0.395 e. The topological polar surface area (TPSA) is 61.4 Å². The van der Waals surface area contributed by atoms with Gasteiger partial charge >= 0.3 is 0 Å². The van der Waals surface area contributed by atoms with Gasteiger partial charge < -0.3 is 15.7 Å². The van der Waals surface area contributed by atoms with Crippen LogP contribution in [0, 0.1) is 5.82 Å². The molecule has 0 saturated heterocycles. The summed E-state index contributed by atoms with van der Waals surface area (Å²) in [5.74, 6) is -0.804. The molecule has 5 heteroatoms. The first kappa shape index (κ1) is 11.6. The van der Waals surface area contributed by atoms with Crippen LogP contribution in [0.15, 0.2) is 24.3 Å². The van der Waals surface area contributed by atoms with Crippen molar-refractivity contribution in [1.29, 1.82) is 0 Å². The molecule has 0 aliphatic carbocycles. The van der Waals surface area contributed by atoms with Gasteiger partial charge in [-0.1, -0.05) is 12.1 Å². The molecule has 4 nitrogen and oxygen atoms in total. The summed E-state index contributed by atoms with van der Waals surface area (Å²) in [5.41, 5.74) is 0.160. The molecule has 3 N–H and O–H groups in total. The molecule has 1 aromatic rings. The Morgan fingerprint density at radius 2 is 2.13 bits per heavy atom. The van der Waals surface area contributed by atoms with Crippen LogP contribution in [-0.2, 0) is 4.79 Å². The number of carbonyl (C=O) groups excluding carboxylic acids is 1. The summed E-state index contributed by atoms with van der Waals surface area (Å²) in [6.45, 7) is 0.354. The van der Waals surface area contributed by atoms with Crippen molar-refractivity contribution < 1.29 is 14.3 Å². The maximum atomic E-state index is 13.1. The summed E-state index contributed by atoms with van der Waals surface area (Å²) in [7, 11) is 0. The fourth-order valence-corrected chi connectivity index (χ4v) is 1.04. The molecule has 1 rings (SSSR count). The summed E-state index contributed by atoms with van der Waals surface area (Å²) < 4.78 is 13.1. The third-order valence-electron chi connectivity index (χ3n) is 1.72. The molecule has 82 valence electrons.